The number of halogens is 1. The van der Waals surface area contributed by atoms with Gasteiger partial charge in [-0.1, -0.05) is 64.5 Å². The summed E-state index contributed by atoms with van der Waals surface area (Å²) in [5.41, 5.74) is 6.97. The SMILES string of the molecule is C[C@@H](O)[C@H](NC(=O)OCc1ccccc1)C(=O)N[C@H](Cc1ccccc1Br)C(N)=O. The van der Waals surface area contributed by atoms with E-state index >= 15 is 0 Å². The number of ether oxygens (including phenoxy) is 1. The molecule has 0 spiro atoms. The highest BCUT2D eigenvalue weighted by Crippen LogP contribution is 2.17. The number of benzene rings is 2. The number of aliphatic hydroxyl groups excluding tert-OH is 1. The molecule has 0 saturated heterocycles. The van der Waals surface area contributed by atoms with Crippen molar-refractivity contribution in [3.63, 3.8) is 0 Å². The van der Waals surface area contributed by atoms with Crippen LogP contribution in [0.2, 0.25) is 0 Å². The van der Waals surface area contributed by atoms with Crippen molar-refractivity contribution in [1.82, 2.24) is 10.6 Å². The van der Waals surface area contributed by atoms with E-state index in [9.17, 15) is 19.5 Å². The van der Waals surface area contributed by atoms with E-state index in [2.05, 4.69) is 26.6 Å². The van der Waals surface area contributed by atoms with Crippen LogP contribution >= 0.6 is 15.9 Å². The van der Waals surface area contributed by atoms with E-state index in [1.165, 1.54) is 6.92 Å². The molecule has 2 aromatic rings. The number of nitrogens with one attached hydrogen (secondary N) is 2. The number of alkyl carbamates (subject to hydrolysis) is 1. The van der Waals surface area contributed by atoms with Crippen LogP contribution in [0.5, 0.6) is 0 Å². The Morgan fingerprint density at radius 2 is 1.70 bits per heavy atom. The number of rotatable bonds is 9. The summed E-state index contributed by atoms with van der Waals surface area (Å²) in [5, 5.41) is 14.8. The number of primary amides is 1. The lowest BCUT2D eigenvalue weighted by molar-refractivity contribution is -0.130. The number of carbonyl (C=O) groups excluding carboxylic acids is 3. The van der Waals surface area contributed by atoms with Crippen molar-refractivity contribution in [1.29, 1.82) is 0 Å². The molecule has 2 aromatic carbocycles. The van der Waals surface area contributed by atoms with Gasteiger partial charge in [-0.05, 0) is 24.1 Å². The fourth-order valence-corrected chi connectivity index (χ4v) is 3.11. The van der Waals surface area contributed by atoms with Gasteiger partial charge in [-0.3, -0.25) is 9.59 Å². The Labute approximate surface area is 182 Å². The Bertz CT molecular complexity index is 876. The van der Waals surface area contributed by atoms with Crippen molar-refractivity contribution in [3.8, 4) is 0 Å². The Kier molecular flexibility index (Phi) is 8.82. The lowest BCUT2D eigenvalue weighted by atomic mass is 10.0. The molecular formula is C21H24BrN3O5. The predicted octanol–water partition coefficient (Wildman–Crippen LogP) is 1.64. The van der Waals surface area contributed by atoms with Gasteiger partial charge in [0, 0.05) is 10.9 Å². The van der Waals surface area contributed by atoms with Crippen LogP contribution in [0.3, 0.4) is 0 Å². The Balaban J connectivity index is 1.99. The molecule has 0 aromatic heterocycles. The molecule has 0 bridgehead atoms. The molecule has 2 rings (SSSR count). The van der Waals surface area contributed by atoms with Gasteiger partial charge >= 0.3 is 6.09 Å². The van der Waals surface area contributed by atoms with Crippen LogP contribution in [-0.4, -0.2) is 41.2 Å². The van der Waals surface area contributed by atoms with E-state index in [4.69, 9.17) is 10.5 Å². The number of carbonyl (C=O) groups is 3. The summed E-state index contributed by atoms with van der Waals surface area (Å²) < 4.78 is 5.85. The molecule has 0 radical (unpaired) electrons. The third-order valence-corrected chi connectivity index (χ3v) is 5.07. The van der Waals surface area contributed by atoms with Crippen molar-refractivity contribution in [2.75, 3.05) is 0 Å². The quantitative estimate of drug-likeness (QED) is 0.435. The van der Waals surface area contributed by atoms with Crippen molar-refractivity contribution in [2.24, 2.45) is 5.73 Å². The van der Waals surface area contributed by atoms with Gasteiger partial charge in [-0.2, -0.15) is 0 Å². The predicted molar refractivity (Wildman–Crippen MR) is 114 cm³/mol. The highest BCUT2D eigenvalue weighted by atomic mass is 79.9. The first-order chi connectivity index (χ1) is 14.3. The Morgan fingerprint density at radius 1 is 1.07 bits per heavy atom. The maximum absolute atomic E-state index is 12.6. The van der Waals surface area contributed by atoms with Crippen LogP contribution in [0.1, 0.15) is 18.1 Å². The van der Waals surface area contributed by atoms with Gasteiger partial charge < -0.3 is 26.2 Å². The normalized spacial score (nSPS) is 13.6. The minimum Gasteiger partial charge on any atom is -0.445 e. The van der Waals surface area contributed by atoms with Crippen LogP contribution < -0.4 is 16.4 Å². The summed E-state index contributed by atoms with van der Waals surface area (Å²) in [6.45, 7) is 1.35. The van der Waals surface area contributed by atoms with Gasteiger partial charge in [-0.25, -0.2) is 4.79 Å². The minimum atomic E-state index is -1.32. The maximum atomic E-state index is 12.6. The summed E-state index contributed by atoms with van der Waals surface area (Å²) in [6, 6.07) is 13.9. The second kappa shape index (κ2) is 11.3. The number of aliphatic hydroxyl groups is 1. The molecule has 160 valence electrons. The zero-order chi connectivity index (χ0) is 22.1. The summed E-state index contributed by atoms with van der Waals surface area (Å²) in [7, 11) is 0. The first-order valence-electron chi connectivity index (χ1n) is 9.26. The number of hydrogen-bond acceptors (Lipinski definition) is 5. The number of hydrogen-bond donors (Lipinski definition) is 4. The lowest BCUT2D eigenvalue weighted by Gasteiger charge is -2.23. The van der Waals surface area contributed by atoms with Crippen molar-refractivity contribution in [3.05, 3.63) is 70.2 Å². The molecule has 30 heavy (non-hydrogen) atoms. The lowest BCUT2D eigenvalue weighted by Crippen LogP contribution is -2.57. The second-order valence-electron chi connectivity index (χ2n) is 6.68. The molecule has 3 atom stereocenters. The molecular weight excluding hydrogens is 454 g/mol. The first-order valence-corrected chi connectivity index (χ1v) is 10.1. The monoisotopic (exact) mass is 477 g/mol. The zero-order valence-corrected chi connectivity index (χ0v) is 18.0. The number of amides is 3. The van der Waals surface area contributed by atoms with Crippen LogP contribution in [0, 0.1) is 0 Å². The average Bonchev–Trinajstić information content (AvgIpc) is 2.71. The van der Waals surface area contributed by atoms with E-state index in [1.807, 2.05) is 12.1 Å². The number of nitrogens with two attached hydrogens (primary N) is 1. The van der Waals surface area contributed by atoms with E-state index in [0.717, 1.165) is 15.6 Å². The zero-order valence-electron chi connectivity index (χ0n) is 16.4. The molecule has 3 amide bonds. The minimum absolute atomic E-state index is 0.00671. The first kappa shape index (κ1) is 23.4. The van der Waals surface area contributed by atoms with Crippen molar-refractivity contribution >= 4 is 33.8 Å². The van der Waals surface area contributed by atoms with E-state index in [-0.39, 0.29) is 13.0 Å². The molecule has 0 aliphatic heterocycles. The fourth-order valence-electron chi connectivity index (χ4n) is 2.67. The summed E-state index contributed by atoms with van der Waals surface area (Å²) in [6.07, 6.45) is -1.96. The maximum Gasteiger partial charge on any atom is 0.408 e. The summed E-state index contributed by atoms with van der Waals surface area (Å²) in [5.74, 6) is -1.49. The second-order valence-corrected chi connectivity index (χ2v) is 7.54. The van der Waals surface area contributed by atoms with E-state index in [1.54, 1.807) is 42.5 Å². The molecule has 0 unspecified atom stereocenters. The third-order valence-electron chi connectivity index (χ3n) is 4.29. The van der Waals surface area contributed by atoms with Gasteiger partial charge in [0.2, 0.25) is 11.8 Å². The Hall–Kier alpha value is -2.91. The van der Waals surface area contributed by atoms with Gasteiger partial charge in [0.25, 0.3) is 0 Å². The van der Waals surface area contributed by atoms with Crippen LogP contribution in [0.25, 0.3) is 0 Å². The topological polar surface area (TPSA) is 131 Å². The smallest absolute Gasteiger partial charge is 0.408 e. The van der Waals surface area contributed by atoms with Crippen LogP contribution in [-0.2, 0) is 27.4 Å². The average molecular weight is 478 g/mol. The van der Waals surface area contributed by atoms with Gasteiger partial charge in [0.1, 0.15) is 18.7 Å². The Morgan fingerprint density at radius 3 is 2.30 bits per heavy atom. The van der Waals surface area contributed by atoms with Gasteiger partial charge in [-0.15, -0.1) is 0 Å². The highest BCUT2D eigenvalue weighted by Gasteiger charge is 2.29. The molecule has 0 aliphatic rings. The highest BCUT2D eigenvalue weighted by molar-refractivity contribution is 9.10. The van der Waals surface area contributed by atoms with Crippen LogP contribution in [0.15, 0.2) is 59.1 Å². The molecule has 9 heteroatoms. The molecule has 5 N–H and O–H groups in total. The van der Waals surface area contributed by atoms with E-state index < -0.39 is 36.1 Å². The molecule has 0 heterocycles. The summed E-state index contributed by atoms with van der Waals surface area (Å²) >= 11 is 3.38. The van der Waals surface area contributed by atoms with Gasteiger partial charge in [0.15, 0.2) is 0 Å². The molecule has 8 nitrogen and oxygen atoms in total. The fraction of sp³-hybridized carbons (Fsp3) is 0.286. The largest absolute Gasteiger partial charge is 0.445 e. The molecule has 0 fully saturated rings. The molecule has 0 aliphatic carbocycles. The van der Waals surface area contributed by atoms with Crippen molar-refractivity contribution < 1.29 is 24.2 Å². The van der Waals surface area contributed by atoms with Crippen molar-refractivity contribution in [2.45, 2.75) is 38.1 Å². The molecule has 0 saturated carbocycles. The van der Waals surface area contributed by atoms with Gasteiger partial charge in [0.05, 0.1) is 6.10 Å². The van der Waals surface area contributed by atoms with E-state index in [0.29, 0.717) is 0 Å². The third kappa shape index (κ3) is 7.16. The summed E-state index contributed by atoms with van der Waals surface area (Å²) in [4.78, 5) is 36.5. The van der Waals surface area contributed by atoms with Crippen LogP contribution in [0.4, 0.5) is 4.79 Å². The standard InChI is InChI=1S/C21H24BrN3O5/c1-13(26)18(25-21(29)30-12-14-7-3-2-4-8-14)20(28)24-17(19(23)27)11-15-9-5-6-10-16(15)22/h2-10,13,17-18,26H,11-12H2,1H3,(H2,23,27)(H,24,28)(H,25,29)/t13-,17-,18+/m1/s1.